The van der Waals surface area contributed by atoms with Gasteiger partial charge in [0.05, 0.1) is 0 Å². The summed E-state index contributed by atoms with van der Waals surface area (Å²) in [5.74, 6) is -0.602. The Morgan fingerprint density at radius 1 is 1.62 bits per heavy atom. The molecule has 0 aromatic rings. The molecule has 2 atom stereocenters. The fourth-order valence-corrected chi connectivity index (χ4v) is 0.790. The van der Waals surface area contributed by atoms with Crippen molar-refractivity contribution in [2.24, 2.45) is 11.8 Å². The summed E-state index contributed by atoms with van der Waals surface area (Å²) < 4.78 is 23.1. The molecule has 0 bridgehead atoms. The fraction of sp³-hybridized carbons (Fsp3) is 1.00. The molecule has 0 aromatic heterocycles. The normalized spacial score (nSPS) is 36.0. The number of hydrogen-bond acceptors (Lipinski definition) is 1. The van der Waals surface area contributed by atoms with Gasteiger partial charge in [-0.1, -0.05) is 0 Å². The zero-order valence-electron chi connectivity index (χ0n) is 4.35. The van der Waals surface area contributed by atoms with Crippen LogP contribution in [0.2, 0.25) is 0 Å². The molecule has 1 nitrogen and oxygen atoms in total. The van der Waals surface area contributed by atoms with E-state index in [1.807, 2.05) is 0 Å². The lowest BCUT2D eigenvalue weighted by molar-refractivity contribution is 0.108. The van der Waals surface area contributed by atoms with Crippen molar-refractivity contribution in [3.05, 3.63) is 0 Å². The Hall–Kier alpha value is -0.180. The van der Waals surface area contributed by atoms with Gasteiger partial charge in [-0.25, -0.2) is 8.78 Å². The van der Waals surface area contributed by atoms with Crippen molar-refractivity contribution in [1.29, 1.82) is 0 Å². The molecule has 1 aliphatic carbocycles. The molecule has 0 aliphatic heterocycles. The lowest BCUT2D eigenvalue weighted by Crippen LogP contribution is -1.97. The van der Waals surface area contributed by atoms with Crippen molar-refractivity contribution < 1.29 is 13.9 Å². The van der Waals surface area contributed by atoms with Crippen molar-refractivity contribution in [2.45, 2.75) is 12.8 Å². The molecule has 0 radical (unpaired) electrons. The summed E-state index contributed by atoms with van der Waals surface area (Å²) in [5.41, 5.74) is 0. The van der Waals surface area contributed by atoms with Gasteiger partial charge in [0, 0.05) is 12.5 Å². The first-order chi connectivity index (χ1) is 3.75. The van der Waals surface area contributed by atoms with Gasteiger partial charge in [-0.2, -0.15) is 0 Å². The van der Waals surface area contributed by atoms with E-state index in [4.69, 9.17) is 5.11 Å². The summed E-state index contributed by atoms with van der Waals surface area (Å²) in [7, 11) is 0. The van der Waals surface area contributed by atoms with E-state index in [9.17, 15) is 8.78 Å². The minimum Gasteiger partial charge on any atom is -0.396 e. The molecule has 0 amide bonds. The minimum absolute atomic E-state index is 0.0744. The first-order valence-electron chi connectivity index (χ1n) is 2.64. The van der Waals surface area contributed by atoms with Crippen molar-refractivity contribution in [3.8, 4) is 0 Å². The fourth-order valence-electron chi connectivity index (χ4n) is 0.790. The highest BCUT2D eigenvalue weighted by Crippen LogP contribution is 2.42. The largest absolute Gasteiger partial charge is 0.396 e. The van der Waals surface area contributed by atoms with Crippen LogP contribution in [0.5, 0.6) is 0 Å². The molecule has 1 saturated carbocycles. The van der Waals surface area contributed by atoms with Crippen molar-refractivity contribution >= 4 is 0 Å². The maximum absolute atomic E-state index is 11.5. The summed E-state index contributed by atoms with van der Waals surface area (Å²) in [6.45, 7) is -0.0744. The van der Waals surface area contributed by atoms with Gasteiger partial charge in [-0.15, -0.1) is 0 Å². The molecule has 0 unspecified atom stereocenters. The third kappa shape index (κ3) is 0.968. The van der Waals surface area contributed by atoms with Crippen LogP contribution in [0.4, 0.5) is 8.78 Å². The SMILES string of the molecule is OC[C@H]1C[C@@H]1C(F)F. The lowest BCUT2D eigenvalue weighted by atomic mass is 10.3. The molecule has 0 heterocycles. The van der Waals surface area contributed by atoms with Crippen LogP contribution in [0.25, 0.3) is 0 Å². The maximum atomic E-state index is 11.5. The number of aliphatic hydroxyl groups excluding tert-OH is 1. The van der Waals surface area contributed by atoms with Crippen LogP contribution in [-0.4, -0.2) is 18.1 Å². The molecule has 48 valence electrons. The molecule has 0 aromatic carbocycles. The lowest BCUT2D eigenvalue weighted by Gasteiger charge is -1.91. The van der Waals surface area contributed by atoms with E-state index in [2.05, 4.69) is 0 Å². The van der Waals surface area contributed by atoms with Gasteiger partial charge in [0.15, 0.2) is 0 Å². The summed E-state index contributed by atoms with van der Waals surface area (Å²) in [4.78, 5) is 0. The molecular formula is C5H8F2O. The van der Waals surface area contributed by atoms with Crippen LogP contribution >= 0.6 is 0 Å². The molecular weight excluding hydrogens is 114 g/mol. The average molecular weight is 122 g/mol. The molecule has 0 saturated heterocycles. The molecule has 3 heteroatoms. The Kier molecular flexibility index (Phi) is 1.47. The standard InChI is InChI=1S/C5H8F2O/c6-5(7)4-1-3(4)2-8/h3-5,8H,1-2H2/t3-,4+/m1/s1. The topological polar surface area (TPSA) is 20.2 Å². The predicted octanol–water partition coefficient (Wildman–Crippen LogP) is 0.880. The van der Waals surface area contributed by atoms with Crippen molar-refractivity contribution in [1.82, 2.24) is 0 Å². The molecule has 1 aliphatic rings. The number of halogens is 2. The van der Waals surface area contributed by atoms with Crippen molar-refractivity contribution in [3.63, 3.8) is 0 Å². The number of hydrogen-bond donors (Lipinski definition) is 1. The van der Waals surface area contributed by atoms with Gasteiger partial charge >= 0.3 is 0 Å². The van der Waals surface area contributed by atoms with Crippen LogP contribution < -0.4 is 0 Å². The van der Waals surface area contributed by atoms with Crippen LogP contribution in [0.15, 0.2) is 0 Å². The summed E-state index contributed by atoms with van der Waals surface area (Å²) in [6, 6.07) is 0. The number of aliphatic hydroxyl groups is 1. The van der Waals surface area contributed by atoms with Crippen LogP contribution in [0, 0.1) is 11.8 Å². The van der Waals surface area contributed by atoms with E-state index < -0.39 is 12.3 Å². The Labute approximate surface area is 46.3 Å². The minimum atomic E-state index is -2.22. The third-order valence-corrected chi connectivity index (χ3v) is 1.54. The second-order valence-corrected chi connectivity index (χ2v) is 2.18. The molecule has 1 rings (SSSR count). The second kappa shape index (κ2) is 1.97. The second-order valence-electron chi connectivity index (χ2n) is 2.18. The van der Waals surface area contributed by atoms with Gasteiger partial charge in [-0.3, -0.25) is 0 Å². The van der Waals surface area contributed by atoms with Gasteiger partial charge < -0.3 is 5.11 Å². The molecule has 8 heavy (non-hydrogen) atoms. The summed E-state index contributed by atoms with van der Waals surface area (Å²) >= 11 is 0. The van der Waals surface area contributed by atoms with Crippen LogP contribution in [0.3, 0.4) is 0 Å². The van der Waals surface area contributed by atoms with Gasteiger partial charge in [0.1, 0.15) is 0 Å². The highest BCUT2D eigenvalue weighted by molar-refractivity contribution is 4.86. The number of rotatable bonds is 2. The predicted molar refractivity (Wildman–Crippen MR) is 24.7 cm³/mol. The zero-order chi connectivity index (χ0) is 6.15. The first kappa shape index (κ1) is 5.95. The maximum Gasteiger partial charge on any atom is 0.241 e. The van der Waals surface area contributed by atoms with E-state index in [-0.39, 0.29) is 12.5 Å². The monoisotopic (exact) mass is 122 g/mol. The van der Waals surface area contributed by atoms with E-state index in [1.165, 1.54) is 0 Å². The Morgan fingerprint density at radius 3 is 2.38 bits per heavy atom. The molecule has 1 N–H and O–H groups in total. The quantitative estimate of drug-likeness (QED) is 0.576. The van der Waals surface area contributed by atoms with E-state index in [0.717, 1.165) is 0 Å². The van der Waals surface area contributed by atoms with Gasteiger partial charge in [0.2, 0.25) is 6.43 Å². The Bertz CT molecular complexity index is 84.5. The van der Waals surface area contributed by atoms with E-state index in [0.29, 0.717) is 6.42 Å². The zero-order valence-corrected chi connectivity index (χ0v) is 4.35. The molecule has 1 fully saturated rings. The summed E-state index contributed by atoms with van der Waals surface area (Å²) in [5, 5.41) is 8.29. The smallest absolute Gasteiger partial charge is 0.241 e. The number of alkyl halides is 2. The van der Waals surface area contributed by atoms with Gasteiger partial charge in [0.25, 0.3) is 0 Å². The van der Waals surface area contributed by atoms with Crippen LogP contribution in [-0.2, 0) is 0 Å². The first-order valence-corrected chi connectivity index (χ1v) is 2.64. The van der Waals surface area contributed by atoms with E-state index in [1.54, 1.807) is 0 Å². The van der Waals surface area contributed by atoms with Gasteiger partial charge in [-0.05, 0) is 12.3 Å². The Morgan fingerprint density at radius 2 is 2.25 bits per heavy atom. The molecule has 0 spiro atoms. The van der Waals surface area contributed by atoms with E-state index >= 15 is 0 Å². The highest BCUT2D eigenvalue weighted by atomic mass is 19.3. The van der Waals surface area contributed by atoms with Crippen LogP contribution in [0.1, 0.15) is 6.42 Å². The summed E-state index contributed by atoms with van der Waals surface area (Å²) in [6.07, 6.45) is -1.71. The average Bonchev–Trinajstić information content (AvgIpc) is 2.42. The third-order valence-electron chi connectivity index (χ3n) is 1.54. The van der Waals surface area contributed by atoms with Crippen molar-refractivity contribution in [2.75, 3.05) is 6.61 Å². The highest BCUT2D eigenvalue weighted by Gasteiger charge is 2.43. The Balaban J connectivity index is 2.16.